The van der Waals surface area contributed by atoms with Crippen molar-refractivity contribution in [3.63, 3.8) is 0 Å². The minimum Gasteiger partial charge on any atom is -0.493 e. The van der Waals surface area contributed by atoms with Crippen molar-refractivity contribution in [2.45, 2.75) is 18.4 Å². The molecule has 0 amide bonds. The molecule has 5 heteroatoms. The number of rotatable bonds is 4. The number of benzene rings is 1. The van der Waals surface area contributed by atoms with Crippen LogP contribution in [0.1, 0.15) is 18.7 Å². The third-order valence-electron chi connectivity index (χ3n) is 3.53. The number of nitrogens with zero attached hydrogens (tertiary/aromatic N) is 1. The molecule has 0 atom stereocenters. The van der Waals surface area contributed by atoms with Crippen LogP contribution in [0.5, 0.6) is 11.5 Å². The summed E-state index contributed by atoms with van der Waals surface area (Å²) < 4.78 is 10.5. The molecule has 1 aliphatic rings. The number of H-pyrrole nitrogens is 1. The summed E-state index contributed by atoms with van der Waals surface area (Å²) in [6, 6.07) is 5.77. The summed E-state index contributed by atoms with van der Waals surface area (Å²) in [6.45, 7) is 0. The Balaban J connectivity index is 1.95. The summed E-state index contributed by atoms with van der Waals surface area (Å²) in [7, 11) is 3.25. The number of hydrogen-bond acceptors (Lipinski definition) is 4. The van der Waals surface area contributed by atoms with Gasteiger partial charge in [-0.25, -0.2) is 4.98 Å². The highest BCUT2D eigenvalue weighted by Crippen LogP contribution is 2.41. The van der Waals surface area contributed by atoms with Crippen molar-refractivity contribution in [2.24, 2.45) is 5.73 Å². The van der Waals surface area contributed by atoms with Crippen LogP contribution in [0.3, 0.4) is 0 Å². The van der Waals surface area contributed by atoms with Crippen molar-refractivity contribution in [2.75, 3.05) is 14.2 Å². The van der Waals surface area contributed by atoms with E-state index in [0.717, 1.165) is 29.9 Å². The standard InChI is InChI=1S/C14H17N3O2/c1-18-11-4-3-9(7-12(11)19-2)10-8-16-13(17-10)14(15)5-6-14/h3-4,7-8H,5-6,15H2,1-2H3,(H,16,17). The lowest BCUT2D eigenvalue weighted by Crippen LogP contribution is -2.20. The number of methoxy groups -OCH3 is 2. The maximum atomic E-state index is 6.12. The maximum absolute atomic E-state index is 6.12. The predicted octanol–water partition coefficient (Wildman–Crippen LogP) is 2.04. The molecule has 5 nitrogen and oxygen atoms in total. The number of aromatic amines is 1. The quantitative estimate of drug-likeness (QED) is 0.881. The molecule has 1 aromatic heterocycles. The van der Waals surface area contributed by atoms with Gasteiger partial charge in [-0.05, 0) is 31.0 Å². The van der Waals surface area contributed by atoms with Crippen LogP contribution >= 0.6 is 0 Å². The fourth-order valence-corrected chi connectivity index (χ4v) is 2.10. The Labute approximate surface area is 111 Å². The molecule has 1 aromatic carbocycles. The normalized spacial score (nSPS) is 16.2. The van der Waals surface area contributed by atoms with Crippen molar-refractivity contribution in [3.8, 4) is 22.8 Å². The summed E-state index contributed by atoms with van der Waals surface area (Å²) >= 11 is 0. The summed E-state index contributed by atoms with van der Waals surface area (Å²) in [5.41, 5.74) is 7.82. The first-order valence-electron chi connectivity index (χ1n) is 6.23. The van der Waals surface area contributed by atoms with Crippen molar-refractivity contribution < 1.29 is 9.47 Å². The monoisotopic (exact) mass is 259 g/mol. The van der Waals surface area contributed by atoms with Gasteiger partial charge >= 0.3 is 0 Å². The van der Waals surface area contributed by atoms with Crippen molar-refractivity contribution in [1.82, 2.24) is 9.97 Å². The van der Waals surface area contributed by atoms with Gasteiger partial charge in [0.25, 0.3) is 0 Å². The van der Waals surface area contributed by atoms with Gasteiger partial charge in [0.15, 0.2) is 11.5 Å². The second kappa shape index (κ2) is 4.28. The summed E-state index contributed by atoms with van der Waals surface area (Å²) in [6.07, 6.45) is 3.79. The molecule has 1 heterocycles. The summed E-state index contributed by atoms with van der Waals surface area (Å²) in [4.78, 5) is 7.66. The van der Waals surface area contributed by atoms with E-state index in [2.05, 4.69) is 9.97 Å². The van der Waals surface area contributed by atoms with E-state index in [1.54, 1.807) is 14.2 Å². The van der Waals surface area contributed by atoms with Crippen LogP contribution in [0.2, 0.25) is 0 Å². The number of aromatic nitrogens is 2. The zero-order valence-electron chi connectivity index (χ0n) is 11.1. The smallest absolute Gasteiger partial charge is 0.161 e. The first-order chi connectivity index (χ1) is 9.16. The molecule has 0 saturated heterocycles. The lowest BCUT2D eigenvalue weighted by molar-refractivity contribution is 0.355. The molecule has 19 heavy (non-hydrogen) atoms. The molecule has 0 bridgehead atoms. The average Bonchev–Trinajstić information content (AvgIpc) is 3.00. The van der Waals surface area contributed by atoms with E-state index in [0.29, 0.717) is 11.5 Å². The van der Waals surface area contributed by atoms with Gasteiger partial charge in [-0.1, -0.05) is 0 Å². The molecule has 1 aliphatic carbocycles. The number of imidazole rings is 1. The zero-order valence-corrected chi connectivity index (χ0v) is 11.1. The van der Waals surface area contributed by atoms with E-state index in [4.69, 9.17) is 15.2 Å². The van der Waals surface area contributed by atoms with Gasteiger partial charge < -0.3 is 20.2 Å². The van der Waals surface area contributed by atoms with E-state index >= 15 is 0 Å². The summed E-state index contributed by atoms with van der Waals surface area (Å²) in [5.74, 6) is 2.27. The number of ether oxygens (including phenoxy) is 2. The molecule has 100 valence electrons. The molecule has 0 aliphatic heterocycles. The Morgan fingerprint density at radius 3 is 2.58 bits per heavy atom. The Morgan fingerprint density at radius 1 is 1.21 bits per heavy atom. The van der Waals surface area contributed by atoms with Crippen molar-refractivity contribution >= 4 is 0 Å². The molecule has 3 rings (SSSR count). The highest BCUT2D eigenvalue weighted by atomic mass is 16.5. The lowest BCUT2D eigenvalue weighted by atomic mass is 10.1. The Hall–Kier alpha value is -2.01. The zero-order chi connectivity index (χ0) is 13.5. The largest absolute Gasteiger partial charge is 0.493 e. The molecule has 3 N–H and O–H groups in total. The van der Waals surface area contributed by atoms with Gasteiger partial charge in [0.05, 0.1) is 31.6 Å². The van der Waals surface area contributed by atoms with Gasteiger partial charge in [-0.2, -0.15) is 0 Å². The summed E-state index contributed by atoms with van der Waals surface area (Å²) in [5, 5.41) is 0. The van der Waals surface area contributed by atoms with Crippen LogP contribution in [0, 0.1) is 0 Å². The molecule has 2 aromatic rings. The minimum absolute atomic E-state index is 0.241. The van der Waals surface area contributed by atoms with Crippen LogP contribution in [0.4, 0.5) is 0 Å². The van der Waals surface area contributed by atoms with E-state index in [-0.39, 0.29) is 5.54 Å². The number of nitrogens with two attached hydrogens (primary N) is 1. The fraction of sp³-hybridized carbons (Fsp3) is 0.357. The van der Waals surface area contributed by atoms with Gasteiger partial charge in [0, 0.05) is 5.56 Å². The molecular formula is C14H17N3O2. The first kappa shape index (κ1) is 12.0. The maximum Gasteiger partial charge on any atom is 0.161 e. The van der Waals surface area contributed by atoms with Gasteiger partial charge in [-0.3, -0.25) is 0 Å². The lowest BCUT2D eigenvalue weighted by Gasteiger charge is -2.08. The Morgan fingerprint density at radius 2 is 1.95 bits per heavy atom. The third-order valence-corrected chi connectivity index (χ3v) is 3.53. The second-order valence-electron chi connectivity index (χ2n) is 4.87. The topological polar surface area (TPSA) is 73.2 Å². The third kappa shape index (κ3) is 2.06. The van der Waals surface area contributed by atoms with Gasteiger partial charge in [-0.15, -0.1) is 0 Å². The van der Waals surface area contributed by atoms with Crippen LogP contribution in [0.25, 0.3) is 11.3 Å². The average molecular weight is 259 g/mol. The van der Waals surface area contributed by atoms with Crippen LogP contribution in [-0.4, -0.2) is 24.2 Å². The van der Waals surface area contributed by atoms with E-state index in [9.17, 15) is 0 Å². The van der Waals surface area contributed by atoms with Crippen LogP contribution < -0.4 is 15.2 Å². The highest BCUT2D eigenvalue weighted by molar-refractivity contribution is 5.63. The Kier molecular flexibility index (Phi) is 2.71. The molecule has 1 saturated carbocycles. The van der Waals surface area contributed by atoms with Gasteiger partial charge in [0.1, 0.15) is 5.82 Å². The second-order valence-corrected chi connectivity index (χ2v) is 4.87. The minimum atomic E-state index is -0.241. The van der Waals surface area contributed by atoms with Crippen molar-refractivity contribution in [1.29, 1.82) is 0 Å². The van der Waals surface area contributed by atoms with Crippen molar-refractivity contribution in [3.05, 3.63) is 30.2 Å². The van der Waals surface area contributed by atoms with E-state index in [1.165, 1.54) is 0 Å². The van der Waals surface area contributed by atoms with Crippen LogP contribution in [-0.2, 0) is 5.54 Å². The molecule has 1 fully saturated rings. The predicted molar refractivity (Wildman–Crippen MR) is 72.2 cm³/mol. The fourth-order valence-electron chi connectivity index (χ4n) is 2.10. The SMILES string of the molecule is COc1ccc(-c2cnc(C3(N)CC3)[nH]2)cc1OC. The van der Waals surface area contributed by atoms with E-state index < -0.39 is 0 Å². The van der Waals surface area contributed by atoms with E-state index in [1.807, 2.05) is 24.4 Å². The molecule has 0 spiro atoms. The number of hydrogen-bond donors (Lipinski definition) is 2. The first-order valence-corrected chi connectivity index (χ1v) is 6.23. The van der Waals surface area contributed by atoms with Crippen LogP contribution in [0.15, 0.2) is 24.4 Å². The van der Waals surface area contributed by atoms with Gasteiger partial charge in [0.2, 0.25) is 0 Å². The number of nitrogens with one attached hydrogen (secondary N) is 1. The Bertz CT molecular complexity index is 602. The highest BCUT2D eigenvalue weighted by Gasteiger charge is 2.42. The molecule has 0 radical (unpaired) electrons. The molecule has 0 unspecified atom stereocenters. The molecular weight excluding hydrogens is 242 g/mol.